The van der Waals surface area contributed by atoms with Gasteiger partial charge in [-0.15, -0.1) is 4.91 Å². The van der Waals surface area contributed by atoms with Gasteiger partial charge in [0.25, 0.3) is 12.3 Å². The van der Waals surface area contributed by atoms with Crippen molar-refractivity contribution in [3.05, 3.63) is 16.5 Å². The second-order valence-corrected chi connectivity index (χ2v) is 6.10. The molecule has 12 heteroatoms. The van der Waals surface area contributed by atoms with Gasteiger partial charge in [-0.2, -0.15) is 18.2 Å². The molecule has 0 aliphatic heterocycles. The number of ether oxygens (including phenoxy) is 1. The minimum atomic E-state index is -4.28. The summed E-state index contributed by atoms with van der Waals surface area (Å²) in [7, 11) is 0. The molecule has 0 aromatic carbocycles. The Labute approximate surface area is 150 Å². The quantitative estimate of drug-likeness (QED) is 0.565. The van der Waals surface area contributed by atoms with Crippen molar-refractivity contribution >= 4 is 17.4 Å². The highest BCUT2D eigenvalue weighted by Gasteiger charge is 2.41. The highest BCUT2D eigenvalue weighted by atomic mass is 19.4. The van der Waals surface area contributed by atoms with E-state index in [-0.39, 0.29) is 36.9 Å². The van der Waals surface area contributed by atoms with Crippen molar-refractivity contribution in [2.45, 2.75) is 44.3 Å². The number of hydrogen-bond donors (Lipinski definition) is 2. The van der Waals surface area contributed by atoms with E-state index in [2.05, 4.69) is 15.5 Å². The largest absolute Gasteiger partial charge is 0.471 e. The maximum absolute atomic E-state index is 12.7. The number of alkyl halides is 5. The summed E-state index contributed by atoms with van der Waals surface area (Å²) < 4.78 is 67.6. The molecule has 0 bridgehead atoms. The maximum atomic E-state index is 12.7. The molecule has 1 aliphatic carbocycles. The third-order valence-corrected chi connectivity index (χ3v) is 4.21. The van der Waals surface area contributed by atoms with Gasteiger partial charge < -0.3 is 15.8 Å². The molecule has 3 N–H and O–H groups in total. The highest BCUT2D eigenvalue weighted by Crippen LogP contribution is 2.37. The van der Waals surface area contributed by atoms with Gasteiger partial charge in [0.1, 0.15) is 5.56 Å². The molecule has 1 aromatic heterocycles. The van der Waals surface area contributed by atoms with Crippen molar-refractivity contribution in [1.82, 2.24) is 10.3 Å². The Balaban J connectivity index is 2.11. The van der Waals surface area contributed by atoms with E-state index in [9.17, 15) is 31.7 Å². The van der Waals surface area contributed by atoms with Crippen LogP contribution in [-0.4, -0.2) is 36.1 Å². The molecule has 2 rings (SSSR count). The molecule has 1 saturated carbocycles. The smallest absolute Gasteiger partial charge is 0.391 e. The molecule has 27 heavy (non-hydrogen) atoms. The predicted octanol–water partition coefficient (Wildman–Crippen LogP) is 3.56. The maximum Gasteiger partial charge on any atom is 0.391 e. The standard InChI is InChI=1S/C15H17F5N4O3/c16-11(17)6-27-14-9(5-10(24-26)12(21)23-14)13(25)22-8-3-1-7(2-4-8)15(18,19)20/h5,7-8,11H,1-4,6H2,(H2,21,23)(H,22,25). The number of rotatable bonds is 6. The average molecular weight is 396 g/mol. The zero-order valence-electron chi connectivity index (χ0n) is 13.9. The number of nitroso groups, excluding NO2 is 1. The first kappa shape index (κ1) is 20.8. The van der Waals surface area contributed by atoms with Gasteiger partial charge in [0, 0.05) is 6.04 Å². The molecule has 150 valence electrons. The molecule has 0 atom stereocenters. The summed E-state index contributed by atoms with van der Waals surface area (Å²) in [5.41, 5.74) is 4.70. The molecule has 0 saturated heterocycles. The van der Waals surface area contributed by atoms with Crippen LogP contribution < -0.4 is 15.8 Å². The average Bonchev–Trinajstić information content (AvgIpc) is 2.59. The van der Waals surface area contributed by atoms with E-state index in [1.165, 1.54) is 0 Å². The fourth-order valence-electron chi connectivity index (χ4n) is 2.82. The third kappa shape index (κ3) is 5.47. The first-order valence-electron chi connectivity index (χ1n) is 8.04. The number of nitrogen functional groups attached to an aromatic ring is 1. The number of carbonyl (C=O) groups is 1. The van der Waals surface area contributed by atoms with E-state index in [4.69, 9.17) is 10.5 Å². The minimum Gasteiger partial charge on any atom is -0.471 e. The number of hydrogen-bond acceptors (Lipinski definition) is 6. The van der Waals surface area contributed by atoms with Gasteiger partial charge in [0.05, 0.1) is 5.92 Å². The van der Waals surface area contributed by atoms with Crippen molar-refractivity contribution in [1.29, 1.82) is 0 Å². The molecule has 1 fully saturated rings. The number of halogens is 5. The van der Waals surface area contributed by atoms with Gasteiger partial charge in [0.2, 0.25) is 5.88 Å². The lowest BCUT2D eigenvalue weighted by molar-refractivity contribution is -0.182. The first-order chi connectivity index (χ1) is 12.6. The van der Waals surface area contributed by atoms with Gasteiger partial charge >= 0.3 is 6.18 Å². The number of amides is 1. The molecule has 1 aromatic rings. The summed E-state index contributed by atoms with van der Waals surface area (Å²) in [5, 5.41) is 5.09. The molecule has 0 unspecified atom stereocenters. The van der Waals surface area contributed by atoms with Gasteiger partial charge in [-0.05, 0) is 36.9 Å². The Hall–Kier alpha value is -2.53. The van der Waals surface area contributed by atoms with E-state index in [1.807, 2.05) is 0 Å². The zero-order chi connectivity index (χ0) is 20.2. The summed E-state index contributed by atoms with van der Waals surface area (Å²) in [6.45, 7) is -1.06. The monoisotopic (exact) mass is 396 g/mol. The predicted molar refractivity (Wildman–Crippen MR) is 84.9 cm³/mol. The molecular weight excluding hydrogens is 379 g/mol. The topological polar surface area (TPSA) is 107 Å². The summed E-state index contributed by atoms with van der Waals surface area (Å²) in [5.74, 6) is -3.16. The lowest BCUT2D eigenvalue weighted by Gasteiger charge is -2.30. The molecule has 0 radical (unpaired) electrons. The van der Waals surface area contributed by atoms with E-state index in [0.29, 0.717) is 0 Å². The highest BCUT2D eigenvalue weighted by molar-refractivity contribution is 5.98. The summed E-state index contributed by atoms with van der Waals surface area (Å²) in [4.78, 5) is 26.7. The minimum absolute atomic E-state index is 0.102. The van der Waals surface area contributed by atoms with Crippen molar-refractivity contribution in [2.75, 3.05) is 12.3 Å². The second-order valence-electron chi connectivity index (χ2n) is 6.10. The van der Waals surface area contributed by atoms with Gasteiger partial charge in [0.15, 0.2) is 18.1 Å². The fourth-order valence-corrected chi connectivity index (χ4v) is 2.82. The van der Waals surface area contributed by atoms with Crippen LogP contribution in [0.2, 0.25) is 0 Å². The van der Waals surface area contributed by atoms with Gasteiger partial charge in [-0.25, -0.2) is 8.78 Å². The van der Waals surface area contributed by atoms with Crippen LogP contribution >= 0.6 is 0 Å². The van der Waals surface area contributed by atoms with Crippen molar-refractivity contribution in [3.63, 3.8) is 0 Å². The van der Waals surface area contributed by atoms with Crippen LogP contribution in [0.4, 0.5) is 33.5 Å². The fraction of sp³-hybridized carbons (Fsp3) is 0.600. The lowest BCUT2D eigenvalue weighted by Crippen LogP contribution is -2.40. The zero-order valence-corrected chi connectivity index (χ0v) is 13.9. The molecule has 0 spiro atoms. The van der Waals surface area contributed by atoms with Crippen LogP contribution in [0.3, 0.4) is 0 Å². The van der Waals surface area contributed by atoms with E-state index in [0.717, 1.165) is 6.07 Å². The Bertz CT molecular complexity index is 691. The number of nitrogens with one attached hydrogen (secondary N) is 1. The van der Waals surface area contributed by atoms with Crippen LogP contribution in [0, 0.1) is 10.8 Å². The van der Waals surface area contributed by atoms with E-state index < -0.39 is 48.8 Å². The second kappa shape index (κ2) is 8.44. The van der Waals surface area contributed by atoms with Crippen LogP contribution in [0.5, 0.6) is 5.88 Å². The number of aromatic nitrogens is 1. The van der Waals surface area contributed by atoms with Crippen LogP contribution in [0.25, 0.3) is 0 Å². The van der Waals surface area contributed by atoms with Gasteiger partial charge in [-0.1, -0.05) is 0 Å². The SMILES string of the molecule is Nc1nc(OCC(F)F)c(C(=O)NC2CCC(C(F)(F)F)CC2)cc1N=O. The van der Waals surface area contributed by atoms with Gasteiger partial charge in [-0.3, -0.25) is 4.79 Å². The van der Waals surface area contributed by atoms with Crippen LogP contribution in [0.1, 0.15) is 36.0 Å². The van der Waals surface area contributed by atoms with Crippen molar-refractivity contribution in [2.24, 2.45) is 11.1 Å². The van der Waals surface area contributed by atoms with Crippen molar-refractivity contribution < 1.29 is 31.5 Å². The van der Waals surface area contributed by atoms with Crippen molar-refractivity contribution in [3.8, 4) is 5.88 Å². The summed E-state index contributed by atoms with van der Waals surface area (Å²) >= 11 is 0. The number of carbonyl (C=O) groups excluding carboxylic acids is 1. The summed E-state index contributed by atoms with van der Waals surface area (Å²) in [6.07, 6.45) is -7.19. The Morgan fingerprint density at radius 2 is 1.96 bits per heavy atom. The molecule has 1 amide bonds. The molecule has 1 aliphatic rings. The third-order valence-electron chi connectivity index (χ3n) is 4.21. The summed E-state index contributed by atoms with van der Waals surface area (Å²) in [6, 6.07) is 0.400. The Morgan fingerprint density at radius 1 is 1.33 bits per heavy atom. The van der Waals surface area contributed by atoms with Crippen LogP contribution in [0.15, 0.2) is 11.2 Å². The van der Waals surface area contributed by atoms with E-state index >= 15 is 0 Å². The number of nitrogens with two attached hydrogens (primary N) is 1. The molecule has 7 nitrogen and oxygen atoms in total. The normalized spacial score (nSPS) is 20.4. The van der Waals surface area contributed by atoms with Crippen LogP contribution in [-0.2, 0) is 0 Å². The molecule has 1 heterocycles. The number of anilines is 1. The number of pyridine rings is 1. The Morgan fingerprint density at radius 3 is 2.48 bits per heavy atom. The number of nitrogens with zero attached hydrogens (tertiary/aromatic N) is 2. The Kier molecular flexibility index (Phi) is 6.50. The van der Waals surface area contributed by atoms with E-state index in [1.54, 1.807) is 0 Å². The molecular formula is C15H17F5N4O3. The lowest BCUT2D eigenvalue weighted by atomic mass is 9.85. The first-order valence-corrected chi connectivity index (χ1v) is 8.04.